The van der Waals surface area contributed by atoms with E-state index in [1.54, 1.807) is 4.90 Å². The second-order valence-electron chi connectivity index (χ2n) is 4.95. The van der Waals surface area contributed by atoms with Crippen molar-refractivity contribution in [2.75, 3.05) is 4.90 Å². The van der Waals surface area contributed by atoms with Crippen LogP contribution in [0, 0.1) is 0 Å². The summed E-state index contributed by atoms with van der Waals surface area (Å²) in [5.74, 6) is -0.174. The van der Waals surface area contributed by atoms with Gasteiger partial charge in [0, 0.05) is 10.6 Å². The summed E-state index contributed by atoms with van der Waals surface area (Å²) >= 11 is 0. The third-order valence-corrected chi connectivity index (χ3v) is 3.61. The number of anilines is 1. The van der Waals surface area contributed by atoms with E-state index in [0.717, 1.165) is 11.3 Å². The number of hydrogen-bond acceptors (Lipinski definition) is 2. The minimum atomic E-state index is -0.676. The van der Waals surface area contributed by atoms with Gasteiger partial charge >= 0.3 is 0 Å². The largest absolute Gasteiger partial charge is 0.304 e. The number of β-lactam (4-membered cyclic amide) rings is 1. The maximum atomic E-state index is 12.2. The van der Waals surface area contributed by atoms with Crippen molar-refractivity contribution in [1.29, 1.82) is 0 Å². The topological polar surface area (TPSA) is 69.1 Å². The molecule has 5 nitrogen and oxygen atoms in total. The van der Waals surface area contributed by atoms with E-state index in [9.17, 15) is 4.79 Å². The highest BCUT2D eigenvalue weighted by Gasteiger charge is 2.46. The van der Waals surface area contributed by atoms with Gasteiger partial charge in [-0.25, -0.2) is 0 Å². The molecule has 1 amide bonds. The number of carbonyl (C=O) groups is 1. The molecule has 1 saturated heterocycles. The first-order valence-electron chi connectivity index (χ1n) is 6.97. The molecule has 2 atom stereocenters. The van der Waals surface area contributed by atoms with Crippen molar-refractivity contribution in [2.45, 2.75) is 12.1 Å². The summed E-state index contributed by atoms with van der Waals surface area (Å²) in [5.41, 5.74) is 10.5. The molecule has 2 aromatic carbocycles. The molecule has 22 heavy (non-hydrogen) atoms. The lowest BCUT2D eigenvalue weighted by molar-refractivity contribution is -0.125. The first-order valence-corrected chi connectivity index (χ1v) is 6.97. The van der Waals surface area contributed by atoms with E-state index in [4.69, 9.17) is 5.53 Å². The molecular weight excluding hydrogens is 276 g/mol. The van der Waals surface area contributed by atoms with Crippen LogP contribution in [0.4, 0.5) is 5.69 Å². The van der Waals surface area contributed by atoms with E-state index in [2.05, 4.69) is 10.0 Å². The zero-order valence-corrected chi connectivity index (χ0v) is 11.8. The molecule has 2 aromatic rings. The van der Waals surface area contributed by atoms with Crippen LogP contribution in [0.25, 0.3) is 16.5 Å². The maximum absolute atomic E-state index is 12.2. The molecule has 0 radical (unpaired) electrons. The summed E-state index contributed by atoms with van der Waals surface area (Å²) in [6.07, 6.45) is 3.84. The highest BCUT2D eigenvalue weighted by molar-refractivity contribution is 6.06. The number of carbonyl (C=O) groups excluding carboxylic acids is 1. The Bertz CT molecular complexity index is 736. The van der Waals surface area contributed by atoms with Crippen molar-refractivity contribution in [3.8, 4) is 0 Å². The van der Waals surface area contributed by atoms with Crippen molar-refractivity contribution in [2.24, 2.45) is 5.11 Å². The Morgan fingerprint density at radius 1 is 1.05 bits per heavy atom. The van der Waals surface area contributed by atoms with Crippen LogP contribution in [0.1, 0.15) is 5.56 Å². The molecule has 1 aliphatic rings. The molecule has 5 heteroatoms. The number of nitrogens with zero attached hydrogens (tertiary/aromatic N) is 4. The fourth-order valence-corrected chi connectivity index (χ4v) is 2.52. The minimum absolute atomic E-state index is 0.174. The van der Waals surface area contributed by atoms with Crippen LogP contribution >= 0.6 is 0 Å². The Balaban J connectivity index is 1.88. The lowest BCUT2D eigenvalue weighted by Crippen LogP contribution is -2.63. The average molecular weight is 290 g/mol. The van der Waals surface area contributed by atoms with Gasteiger partial charge in [0.05, 0.1) is 6.04 Å². The predicted octanol–water partition coefficient (Wildman–Crippen LogP) is 3.79. The van der Waals surface area contributed by atoms with Crippen LogP contribution in [0.2, 0.25) is 0 Å². The molecule has 2 unspecified atom stereocenters. The van der Waals surface area contributed by atoms with E-state index < -0.39 is 6.04 Å². The van der Waals surface area contributed by atoms with Crippen LogP contribution < -0.4 is 4.90 Å². The van der Waals surface area contributed by atoms with Crippen molar-refractivity contribution in [1.82, 2.24) is 0 Å². The molecule has 1 aliphatic heterocycles. The Labute approximate surface area is 128 Å². The van der Waals surface area contributed by atoms with E-state index >= 15 is 0 Å². The maximum Gasteiger partial charge on any atom is 0.239 e. The van der Waals surface area contributed by atoms with Crippen LogP contribution in [0.15, 0.2) is 71.9 Å². The predicted molar refractivity (Wildman–Crippen MR) is 86.1 cm³/mol. The van der Waals surface area contributed by atoms with Gasteiger partial charge in [-0.15, -0.1) is 0 Å². The number of amides is 1. The molecule has 0 saturated carbocycles. The molecule has 108 valence electrons. The number of rotatable bonds is 4. The molecule has 0 aliphatic carbocycles. The van der Waals surface area contributed by atoms with Crippen molar-refractivity contribution >= 4 is 17.7 Å². The van der Waals surface area contributed by atoms with Gasteiger partial charge in [0.25, 0.3) is 0 Å². The van der Waals surface area contributed by atoms with E-state index in [-0.39, 0.29) is 11.9 Å². The Morgan fingerprint density at radius 3 is 2.32 bits per heavy atom. The van der Waals surface area contributed by atoms with Crippen LogP contribution in [0.3, 0.4) is 0 Å². The Hall–Kier alpha value is -3.04. The number of azide groups is 1. The number of benzene rings is 2. The smallest absolute Gasteiger partial charge is 0.239 e. The van der Waals surface area contributed by atoms with E-state index in [1.165, 1.54) is 0 Å². The number of para-hydroxylation sites is 1. The van der Waals surface area contributed by atoms with Gasteiger partial charge in [0.15, 0.2) is 0 Å². The van der Waals surface area contributed by atoms with Crippen molar-refractivity contribution < 1.29 is 4.79 Å². The standard InChI is InChI=1S/C17H14N4O/c18-20-19-16-15(12-11-13-7-3-1-4-8-13)21(17(16)22)14-9-5-2-6-10-14/h1-12,15-16H/b12-11+. The zero-order chi connectivity index (χ0) is 15.4. The third kappa shape index (κ3) is 2.57. The van der Waals surface area contributed by atoms with Gasteiger partial charge in [-0.05, 0) is 23.2 Å². The summed E-state index contributed by atoms with van der Waals surface area (Å²) in [4.78, 5) is 16.6. The zero-order valence-electron chi connectivity index (χ0n) is 11.8. The second-order valence-corrected chi connectivity index (χ2v) is 4.95. The highest BCUT2D eigenvalue weighted by Crippen LogP contribution is 2.31. The van der Waals surface area contributed by atoms with Gasteiger partial charge in [-0.1, -0.05) is 65.8 Å². The molecule has 1 heterocycles. The first-order chi connectivity index (χ1) is 10.8. The van der Waals surface area contributed by atoms with E-state index in [0.29, 0.717) is 0 Å². The molecule has 0 spiro atoms. The number of hydrogen-bond donors (Lipinski definition) is 0. The van der Waals surface area contributed by atoms with Gasteiger partial charge in [0.2, 0.25) is 5.91 Å². The normalized spacial score (nSPS) is 20.5. The lowest BCUT2D eigenvalue weighted by atomic mass is 9.93. The minimum Gasteiger partial charge on any atom is -0.304 e. The van der Waals surface area contributed by atoms with Gasteiger partial charge in [0.1, 0.15) is 6.04 Å². The van der Waals surface area contributed by atoms with Gasteiger partial charge < -0.3 is 4.90 Å². The van der Waals surface area contributed by atoms with Gasteiger partial charge in [-0.2, -0.15) is 0 Å². The summed E-state index contributed by atoms with van der Waals surface area (Å²) in [6.45, 7) is 0. The second kappa shape index (κ2) is 6.16. The molecular formula is C17H14N4O. The molecule has 3 rings (SSSR count). The Kier molecular flexibility index (Phi) is 3.90. The van der Waals surface area contributed by atoms with Crippen LogP contribution in [-0.2, 0) is 4.79 Å². The quantitative estimate of drug-likeness (QED) is 0.365. The van der Waals surface area contributed by atoms with Crippen LogP contribution in [0.5, 0.6) is 0 Å². The first kappa shape index (κ1) is 13.9. The lowest BCUT2D eigenvalue weighted by Gasteiger charge is -2.43. The summed E-state index contributed by atoms with van der Waals surface area (Å²) in [5, 5.41) is 3.62. The van der Waals surface area contributed by atoms with E-state index in [1.807, 2.05) is 72.8 Å². The highest BCUT2D eigenvalue weighted by atomic mass is 16.2. The molecule has 0 N–H and O–H groups in total. The third-order valence-electron chi connectivity index (χ3n) is 3.61. The monoisotopic (exact) mass is 290 g/mol. The van der Waals surface area contributed by atoms with Gasteiger partial charge in [-0.3, -0.25) is 4.79 Å². The van der Waals surface area contributed by atoms with Crippen LogP contribution in [-0.4, -0.2) is 18.0 Å². The Morgan fingerprint density at radius 2 is 1.68 bits per heavy atom. The summed E-state index contributed by atoms with van der Waals surface area (Å²) < 4.78 is 0. The fourth-order valence-electron chi connectivity index (χ4n) is 2.52. The van der Waals surface area contributed by atoms with Crippen molar-refractivity contribution in [3.63, 3.8) is 0 Å². The SMILES string of the molecule is [N-]=[N+]=NC1C(=O)N(c2ccccc2)C1/C=C/c1ccccc1. The van der Waals surface area contributed by atoms with Crippen molar-refractivity contribution in [3.05, 3.63) is 82.7 Å². The molecule has 1 fully saturated rings. The molecule has 0 bridgehead atoms. The average Bonchev–Trinajstić information content (AvgIpc) is 2.58. The summed E-state index contributed by atoms with van der Waals surface area (Å²) in [6, 6.07) is 18.3. The molecule has 0 aromatic heterocycles. The fraction of sp³-hybridized carbons (Fsp3) is 0.118. The summed E-state index contributed by atoms with van der Waals surface area (Å²) in [7, 11) is 0.